The summed E-state index contributed by atoms with van der Waals surface area (Å²) < 4.78 is 20.1. The molecule has 1 saturated heterocycles. The highest BCUT2D eigenvalue weighted by Gasteiger charge is 2.38. The molecule has 196 valence electrons. The third-order valence-electron chi connectivity index (χ3n) is 6.65. The molecule has 2 aromatic carbocycles. The Morgan fingerprint density at radius 3 is 2.67 bits per heavy atom. The van der Waals surface area contributed by atoms with E-state index in [1.165, 1.54) is 19.1 Å². The van der Waals surface area contributed by atoms with Crippen LogP contribution < -0.4 is 10.1 Å². The van der Waals surface area contributed by atoms with Gasteiger partial charge in [-0.1, -0.05) is 56.5 Å². The Balaban J connectivity index is 1.69. The molecule has 6 nitrogen and oxygen atoms in total. The highest BCUT2D eigenvalue weighted by Crippen LogP contribution is 2.27. The molecule has 0 aromatic heterocycles. The van der Waals surface area contributed by atoms with Crippen molar-refractivity contribution in [2.45, 2.75) is 77.5 Å². The van der Waals surface area contributed by atoms with E-state index in [0.717, 1.165) is 37.7 Å². The van der Waals surface area contributed by atoms with Crippen molar-refractivity contribution in [3.63, 3.8) is 0 Å². The van der Waals surface area contributed by atoms with Crippen molar-refractivity contribution in [3.05, 3.63) is 65.5 Å². The first-order chi connectivity index (χ1) is 17.4. The van der Waals surface area contributed by atoms with Crippen LogP contribution in [-0.2, 0) is 22.6 Å². The maximum Gasteiger partial charge on any atom is 0.228 e. The van der Waals surface area contributed by atoms with Crippen molar-refractivity contribution in [2.24, 2.45) is 5.92 Å². The van der Waals surface area contributed by atoms with Crippen LogP contribution >= 0.6 is 0 Å². The third-order valence-corrected chi connectivity index (χ3v) is 6.65. The number of unbranched alkanes of at least 4 members (excludes halogenated alkanes) is 3. The summed E-state index contributed by atoms with van der Waals surface area (Å²) in [5, 5.41) is 14.1. The lowest BCUT2D eigenvalue weighted by Gasteiger charge is -2.37. The van der Waals surface area contributed by atoms with Crippen LogP contribution in [-0.4, -0.2) is 47.1 Å². The first kappa shape index (κ1) is 27.7. The lowest BCUT2D eigenvalue weighted by Crippen LogP contribution is -2.53. The van der Waals surface area contributed by atoms with E-state index in [1.807, 2.05) is 30.3 Å². The van der Waals surface area contributed by atoms with E-state index in [1.54, 1.807) is 11.0 Å². The average molecular weight is 499 g/mol. The molecule has 0 saturated carbocycles. The summed E-state index contributed by atoms with van der Waals surface area (Å²) in [4.78, 5) is 27.0. The van der Waals surface area contributed by atoms with Gasteiger partial charge in [-0.3, -0.25) is 9.59 Å². The summed E-state index contributed by atoms with van der Waals surface area (Å²) in [5.41, 5.74) is 1.63. The minimum Gasteiger partial charge on any atom is -0.493 e. The molecule has 36 heavy (non-hydrogen) atoms. The predicted octanol–water partition coefficient (Wildman–Crippen LogP) is 4.63. The zero-order chi connectivity index (χ0) is 25.9. The van der Waals surface area contributed by atoms with Crippen molar-refractivity contribution < 1.29 is 23.8 Å². The Labute approximate surface area is 213 Å². The fourth-order valence-corrected chi connectivity index (χ4v) is 4.84. The van der Waals surface area contributed by atoms with E-state index >= 15 is 0 Å². The fourth-order valence-electron chi connectivity index (χ4n) is 4.84. The zero-order valence-corrected chi connectivity index (χ0v) is 21.4. The van der Waals surface area contributed by atoms with Crippen LogP contribution in [0.25, 0.3) is 0 Å². The number of carbonyl (C=O) groups excluding carboxylic acids is 2. The van der Waals surface area contributed by atoms with E-state index in [-0.39, 0.29) is 18.2 Å². The van der Waals surface area contributed by atoms with Gasteiger partial charge in [-0.2, -0.15) is 0 Å². The van der Waals surface area contributed by atoms with E-state index in [0.29, 0.717) is 37.4 Å². The molecular formula is C29H39FN2O4. The molecule has 1 aliphatic rings. The number of aliphatic hydroxyl groups is 1. The summed E-state index contributed by atoms with van der Waals surface area (Å²) in [7, 11) is 0. The molecule has 1 fully saturated rings. The van der Waals surface area contributed by atoms with E-state index < -0.39 is 23.9 Å². The topological polar surface area (TPSA) is 78.9 Å². The minimum absolute atomic E-state index is 0.122. The second kappa shape index (κ2) is 14.0. The van der Waals surface area contributed by atoms with Gasteiger partial charge in [0, 0.05) is 26.1 Å². The Bertz CT molecular complexity index is 984. The van der Waals surface area contributed by atoms with Gasteiger partial charge in [0.05, 0.1) is 24.7 Å². The van der Waals surface area contributed by atoms with Gasteiger partial charge in [0.2, 0.25) is 11.8 Å². The monoisotopic (exact) mass is 498 g/mol. The Hall–Kier alpha value is -2.93. The number of aliphatic hydroxyl groups excluding tert-OH is 1. The summed E-state index contributed by atoms with van der Waals surface area (Å²) in [6, 6.07) is 13.5. The van der Waals surface area contributed by atoms with Gasteiger partial charge in [-0.25, -0.2) is 4.39 Å². The fraction of sp³-hybridized carbons (Fsp3) is 0.517. The van der Waals surface area contributed by atoms with Crippen LogP contribution in [0.2, 0.25) is 0 Å². The molecule has 7 heteroatoms. The standard InChI is InChI=1S/C29H39FN2O4/c1-3-4-5-9-15-36-25-17-23(16-24(30)19-25)18-27(31-21(2)33)28(34)26-13-10-14-32(29(26)35)20-22-11-7-6-8-12-22/h6-8,11-12,16-17,19,26-28,34H,3-5,9-10,13-15,18,20H2,1-2H3,(H,31,33)/t26-,27-,28+/m0/s1. The lowest BCUT2D eigenvalue weighted by atomic mass is 9.85. The second-order valence-corrected chi connectivity index (χ2v) is 9.70. The van der Waals surface area contributed by atoms with E-state index in [2.05, 4.69) is 12.2 Å². The Kier molecular flexibility index (Phi) is 10.7. The van der Waals surface area contributed by atoms with Gasteiger partial charge in [-0.05, 0) is 48.9 Å². The minimum atomic E-state index is -1.10. The zero-order valence-electron chi connectivity index (χ0n) is 21.4. The van der Waals surface area contributed by atoms with Gasteiger partial charge in [0.15, 0.2) is 0 Å². The Morgan fingerprint density at radius 1 is 1.17 bits per heavy atom. The number of likely N-dealkylation sites (tertiary alicyclic amines) is 1. The van der Waals surface area contributed by atoms with Crippen LogP contribution in [0.1, 0.15) is 63.5 Å². The smallest absolute Gasteiger partial charge is 0.228 e. The SMILES string of the molecule is CCCCCCOc1cc(F)cc(C[C@H](NC(C)=O)[C@H](O)[C@@H]2CCCN(Cc3ccccc3)C2=O)c1. The summed E-state index contributed by atoms with van der Waals surface area (Å²) in [6.45, 7) is 5.14. The number of rotatable bonds is 13. The number of amides is 2. The van der Waals surface area contributed by atoms with Crippen molar-refractivity contribution in [2.75, 3.05) is 13.2 Å². The van der Waals surface area contributed by atoms with Gasteiger partial charge >= 0.3 is 0 Å². The molecule has 0 unspecified atom stereocenters. The number of nitrogens with one attached hydrogen (secondary N) is 1. The maximum atomic E-state index is 14.4. The van der Waals surface area contributed by atoms with Gasteiger partial charge in [0.25, 0.3) is 0 Å². The van der Waals surface area contributed by atoms with E-state index in [9.17, 15) is 19.1 Å². The average Bonchev–Trinajstić information content (AvgIpc) is 2.84. The number of hydrogen-bond acceptors (Lipinski definition) is 4. The number of benzene rings is 2. The molecule has 1 heterocycles. The lowest BCUT2D eigenvalue weighted by molar-refractivity contribution is -0.145. The van der Waals surface area contributed by atoms with Crippen LogP contribution in [0, 0.1) is 11.7 Å². The summed E-state index contributed by atoms with van der Waals surface area (Å²) >= 11 is 0. The van der Waals surface area contributed by atoms with Crippen LogP contribution in [0.15, 0.2) is 48.5 Å². The molecule has 2 N–H and O–H groups in total. The molecule has 0 spiro atoms. The number of piperidine rings is 1. The molecule has 2 amide bonds. The largest absolute Gasteiger partial charge is 0.493 e. The summed E-state index contributed by atoms with van der Waals surface area (Å²) in [6.07, 6.45) is 4.62. The number of ether oxygens (including phenoxy) is 1. The van der Waals surface area contributed by atoms with Crippen LogP contribution in [0.3, 0.4) is 0 Å². The number of carbonyl (C=O) groups is 2. The second-order valence-electron chi connectivity index (χ2n) is 9.70. The van der Waals surface area contributed by atoms with Crippen molar-refractivity contribution >= 4 is 11.8 Å². The highest BCUT2D eigenvalue weighted by molar-refractivity contribution is 5.80. The maximum absolute atomic E-state index is 14.4. The summed E-state index contributed by atoms with van der Waals surface area (Å²) in [5.74, 6) is -1.08. The highest BCUT2D eigenvalue weighted by atomic mass is 19.1. The van der Waals surface area contributed by atoms with Crippen LogP contribution in [0.5, 0.6) is 5.75 Å². The molecule has 0 aliphatic carbocycles. The quantitative estimate of drug-likeness (QED) is 0.395. The number of halogens is 1. The van der Waals surface area contributed by atoms with Gasteiger partial charge in [0.1, 0.15) is 11.6 Å². The number of hydrogen-bond donors (Lipinski definition) is 2. The van der Waals surface area contributed by atoms with Crippen LogP contribution in [0.4, 0.5) is 4.39 Å². The van der Waals surface area contributed by atoms with E-state index in [4.69, 9.17) is 4.74 Å². The Morgan fingerprint density at radius 2 is 1.94 bits per heavy atom. The van der Waals surface area contributed by atoms with Crippen molar-refractivity contribution in [3.8, 4) is 5.75 Å². The van der Waals surface area contributed by atoms with Crippen molar-refractivity contribution in [1.82, 2.24) is 10.2 Å². The normalized spacial score (nSPS) is 17.5. The third kappa shape index (κ3) is 8.33. The molecule has 1 aliphatic heterocycles. The molecule has 2 aromatic rings. The van der Waals surface area contributed by atoms with Crippen molar-refractivity contribution in [1.29, 1.82) is 0 Å². The molecule has 3 rings (SSSR count). The molecular weight excluding hydrogens is 459 g/mol. The predicted molar refractivity (Wildman–Crippen MR) is 138 cm³/mol. The molecule has 3 atom stereocenters. The van der Waals surface area contributed by atoms with Gasteiger partial charge < -0.3 is 20.1 Å². The van der Waals surface area contributed by atoms with Gasteiger partial charge in [-0.15, -0.1) is 0 Å². The molecule has 0 radical (unpaired) electrons. The number of nitrogens with zero attached hydrogens (tertiary/aromatic N) is 1. The first-order valence-corrected chi connectivity index (χ1v) is 13.1. The molecule has 0 bridgehead atoms. The first-order valence-electron chi connectivity index (χ1n) is 13.1.